The zero-order valence-corrected chi connectivity index (χ0v) is 11.7. The summed E-state index contributed by atoms with van der Waals surface area (Å²) in [5.41, 5.74) is 2.25. The summed E-state index contributed by atoms with van der Waals surface area (Å²) < 4.78 is 5.13. The van der Waals surface area contributed by atoms with Gasteiger partial charge in [-0.2, -0.15) is 5.26 Å². The Labute approximate surface area is 119 Å². The fourth-order valence-electron chi connectivity index (χ4n) is 2.18. The molecule has 0 amide bonds. The number of fused-ring (bicyclic) bond motifs is 1. The zero-order chi connectivity index (χ0) is 14.2. The molecule has 20 heavy (non-hydrogen) atoms. The number of hydrogen-bond acceptors (Lipinski definition) is 4. The molecule has 1 heterocycles. The zero-order valence-electron chi connectivity index (χ0n) is 11.7. The Morgan fingerprint density at radius 2 is 2.20 bits per heavy atom. The highest BCUT2D eigenvalue weighted by molar-refractivity contribution is 5.78. The van der Waals surface area contributed by atoms with Crippen LogP contribution < -0.4 is 0 Å². The molecule has 0 N–H and O–H groups in total. The number of methoxy groups -OCH3 is 1. The second-order valence-corrected chi connectivity index (χ2v) is 4.71. The van der Waals surface area contributed by atoms with Crippen LogP contribution in [0.3, 0.4) is 0 Å². The summed E-state index contributed by atoms with van der Waals surface area (Å²) in [6.45, 7) is 3.12. The molecule has 0 bridgehead atoms. The van der Waals surface area contributed by atoms with Gasteiger partial charge in [0, 0.05) is 44.7 Å². The molecule has 0 aliphatic heterocycles. The number of nitrogens with zero attached hydrogens (tertiary/aromatic N) is 3. The Balaban J connectivity index is 2.08. The van der Waals surface area contributed by atoms with Crippen molar-refractivity contribution in [3.05, 3.63) is 42.1 Å². The van der Waals surface area contributed by atoms with Crippen molar-refractivity contribution in [2.24, 2.45) is 0 Å². The molecule has 1 aromatic heterocycles. The van der Waals surface area contributed by atoms with Crippen LogP contribution in [0.2, 0.25) is 0 Å². The second kappa shape index (κ2) is 7.59. The van der Waals surface area contributed by atoms with E-state index >= 15 is 0 Å². The van der Waals surface area contributed by atoms with E-state index in [0.717, 1.165) is 30.5 Å². The van der Waals surface area contributed by atoms with Gasteiger partial charge in [-0.1, -0.05) is 12.1 Å². The number of ether oxygens (including phenoxy) is 1. The number of nitriles is 1. The van der Waals surface area contributed by atoms with Gasteiger partial charge in [-0.05, 0) is 23.8 Å². The highest BCUT2D eigenvalue weighted by Crippen LogP contribution is 2.15. The maximum absolute atomic E-state index is 8.73. The first kappa shape index (κ1) is 14.4. The minimum atomic E-state index is 0.541. The largest absolute Gasteiger partial charge is 0.383 e. The lowest BCUT2D eigenvalue weighted by Gasteiger charge is -2.20. The third kappa shape index (κ3) is 4.02. The summed E-state index contributed by atoms with van der Waals surface area (Å²) in [7, 11) is 1.70. The SMILES string of the molecule is COCCN(CCC#N)Cc1ccc2ncccc2c1. The molecular weight excluding hydrogens is 250 g/mol. The highest BCUT2D eigenvalue weighted by Gasteiger charge is 2.06. The Hall–Kier alpha value is -1.96. The highest BCUT2D eigenvalue weighted by atomic mass is 16.5. The van der Waals surface area contributed by atoms with E-state index in [9.17, 15) is 0 Å². The quantitative estimate of drug-likeness (QED) is 0.775. The van der Waals surface area contributed by atoms with Crippen molar-refractivity contribution in [1.29, 1.82) is 5.26 Å². The standard InChI is InChI=1S/C16H19N3O/c1-20-11-10-19(9-3-7-17)13-14-5-6-16-15(12-14)4-2-8-18-16/h2,4-6,8,12H,3,9-11,13H2,1H3. The second-order valence-electron chi connectivity index (χ2n) is 4.71. The fourth-order valence-corrected chi connectivity index (χ4v) is 2.18. The van der Waals surface area contributed by atoms with Gasteiger partial charge in [-0.25, -0.2) is 0 Å². The molecule has 0 atom stereocenters. The van der Waals surface area contributed by atoms with Gasteiger partial charge in [0.25, 0.3) is 0 Å². The van der Waals surface area contributed by atoms with Crippen LogP contribution in [0.25, 0.3) is 10.9 Å². The third-order valence-corrected chi connectivity index (χ3v) is 3.23. The molecule has 4 heteroatoms. The number of rotatable bonds is 7. The molecule has 2 aromatic rings. The van der Waals surface area contributed by atoms with E-state index in [-0.39, 0.29) is 0 Å². The summed E-state index contributed by atoms with van der Waals surface area (Å²) in [6, 6.07) is 12.5. The number of hydrogen-bond donors (Lipinski definition) is 0. The van der Waals surface area contributed by atoms with Crippen LogP contribution in [0.15, 0.2) is 36.5 Å². The molecule has 0 saturated carbocycles. The Morgan fingerprint density at radius 3 is 3.00 bits per heavy atom. The van der Waals surface area contributed by atoms with Gasteiger partial charge < -0.3 is 4.74 Å². The molecule has 0 aliphatic carbocycles. The molecule has 0 radical (unpaired) electrons. The molecule has 0 spiro atoms. The Kier molecular flexibility index (Phi) is 5.48. The Morgan fingerprint density at radius 1 is 1.30 bits per heavy atom. The predicted molar refractivity (Wildman–Crippen MR) is 79.1 cm³/mol. The molecule has 0 aliphatic rings. The van der Waals surface area contributed by atoms with Crippen molar-refractivity contribution in [1.82, 2.24) is 9.88 Å². The first-order chi connectivity index (χ1) is 9.83. The smallest absolute Gasteiger partial charge is 0.0702 e. The van der Waals surface area contributed by atoms with E-state index in [1.807, 2.05) is 12.1 Å². The van der Waals surface area contributed by atoms with Gasteiger partial charge in [-0.3, -0.25) is 9.88 Å². The van der Waals surface area contributed by atoms with E-state index in [4.69, 9.17) is 10.00 Å². The van der Waals surface area contributed by atoms with Crippen LogP contribution in [-0.4, -0.2) is 36.7 Å². The summed E-state index contributed by atoms with van der Waals surface area (Å²) in [5, 5.41) is 9.88. The Bertz CT molecular complexity index is 592. The van der Waals surface area contributed by atoms with Crippen molar-refractivity contribution in [3.63, 3.8) is 0 Å². The van der Waals surface area contributed by atoms with Crippen molar-refractivity contribution in [2.75, 3.05) is 26.8 Å². The minimum absolute atomic E-state index is 0.541. The van der Waals surface area contributed by atoms with Crippen LogP contribution in [0.5, 0.6) is 0 Å². The fraction of sp³-hybridized carbons (Fsp3) is 0.375. The summed E-state index contributed by atoms with van der Waals surface area (Å²) in [5.74, 6) is 0. The lowest BCUT2D eigenvalue weighted by molar-refractivity contribution is 0.145. The molecule has 2 rings (SSSR count). The van der Waals surface area contributed by atoms with Crippen LogP contribution in [-0.2, 0) is 11.3 Å². The minimum Gasteiger partial charge on any atom is -0.383 e. The summed E-state index contributed by atoms with van der Waals surface area (Å²) in [4.78, 5) is 6.56. The molecule has 104 valence electrons. The van der Waals surface area contributed by atoms with Crippen LogP contribution in [0.1, 0.15) is 12.0 Å². The summed E-state index contributed by atoms with van der Waals surface area (Å²) in [6.07, 6.45) is 2.35. The molecular formula is C16H19N3O. The average molecular weight is 269 g/mol. The van der Waals surface area contributed by atoms with Crippen LogP contribution in [0.4, 0.5) is 0 Å². The molecule has 0 saturated heterocycles. The van der Waals surface area contributed by atoms with Gasteiger partial charge in [0.2, 0.25) is 0 Å². The topological polar surface area (TPSA) is 49.1 Å². The van der Waals surface area contributed by atoms with E-state index < -0.39 is 0 Å². The number of benzene rings is 1. The van der Waals surface area contributed by atoms with Gasteiger partial charge in [0.05, 0.1) is 18.2 Å². The van der Waals surface area contributed by atoms with Crippen molar-refractivity contribution < 1.29 is 4.74 Å². The lowest BCUT2D eigenvalue weighted by Crippen LogP contribution is -2.28. The molecule has 4 nitrogen and oxygen atoms in total. The van der Waals surface area contributed by atoms with E-state index in [2.05, 4.69) is 34.2 Å². The first-order valence-corrected chi connectivity index (χ1v) is 6.75. The summed E-state index contributed by atoms with van der Waals surface area (Å²) >= 11 is 0. The lowest BCUT2D eigenvalue weighted by atomic mass is 10.1. The van der Waals surface area contributed by atoms with E-state index in [0.29, 0.717) is 13.0 Å². The van der Waals surface area contributed by atoms with E-state index in [1.54, 1.807) is 13.3 Å². The number of pyridine rings is 1. The third-order valence-electron chi connectivity index (χ3n) is 3.23. The van der Waals surface area contributed by atoms with E-state index in [1.165, 1.54) is 5.56 Å². The van der Waals surface area contributed by atoms with Gasteiger partial charge in [0.15, 0.2) is 0 Å². The van der Waals surface area contributed by atoms with Gasteiger partial charge in [-0.15, -0.1) is 0 Å². The maximum Gasteiger partial charge on any atom is 0.0702 e. The maximum atomic E-state index is 8.73. The molecule has 1 aromatic carbocycles. The van der Waals surface area contributed by atoms with Crippen molar-refractivity contribution in [2.45, 2.75) is 13.0 Å². The first-order valence-electron chi connectivity index (χ1n) is 6.75. The van der Waals surface area contributed by atoms with Crippen LogP contribution in [0, 0.1) is 11.3 Å². The number of aromatic nitrogens is 1. The van der Waals surface area contributed by atoms with Crippen LogP contribution >= 0.6 is 0 Å². The normalized spacial score (nSPS) is 10.8. The monoisotopic (exact) mass is 269 g/mol. The molecule has 0 fully saturated rings. The predicted octanol–water partition coefficient (Wildman–Crippen LogP) is 2.60. The van der Waals surface area contributed by atoms with Gasteiger partial charge in [0.1, 0.15) is 0 Å². The molecule has 0 unspecified atom stereocenters. The van der Waals surface area contributed by atoms with Crippen molar-refractivity contribution in [3.8, 4) is 6.07 Å². The van der Waals surface area contributed by atoms with Crippen molar-refractivity contribution >= 4 is 10.9 Å². The average Bonchev–Trinajstić information content (AvgIpc) is 2.50. The van der Waals surface area contributed by atoms with Gasteiger partial charge >= 0.3 is 0 Å².